The van der Waals surface area contributed by atoms with Gasteiger partial charge in [-0.25, -0.2) is 13.2 Å². The molecule has 1 aliphatic heterocycles. The molecule has 2 N–H and O–H groups in total. The highest BCUT2D eigenvalue weighted by atomic mass is 79.9. The Balaban J connectivity index is 2.44. The highest BCUT2D eigenvalue weighted by Gasteiger charge is 2.33. The molecule has 8 nitrogen and oxygen atoms in total. The number of amides is 2. The lowest BCUT2D eigenvalue weighted by Gasteiger charge is -2.24. The Morgan fingerprint density at radius 1 is 1.24 bits per heavy atom. The molecule has 0 radical (unpaired) electrons. The van der Waals surface area contributed by atoms with Crippen molar-refractivity contribution in [2.24, 2.45) is 0 Å². The summed E-state index contributed by atoms with van der Waals surface area (Å²) in [6.07, 6.45) is 0. The first-order valence-electron chi connectivity index (χ1n) is 5.57. The molecule has 1 aromatic rings. The van der Waals surface area contributed by atoms with Gasteiger partial charge >= 0.3 is 5.97 Å². The van der Waals surface area contributed by atoms with E-state index in [2.05, 4.69) is 15.9 Å². The predicted octanol–water partition coefficient (Wildman–Crippen LogP) is -0.206. The number of carbonyl (C=O) groups is 3. The van der Waals surface area contributed by atoms with E-state index < -0.39 is 40.9 Å². The van der Waals surface area contributed by atoms with E-state index in [9.17, 15) is 22.8 Å². The molecular weight excluding hydrogens is 368 g/mol. The Kier molecular flexibility index (Phi) is 4.12. The normalized spacial score (nSPS) is 16.6. The number of benzene rings is 1. The first-order chi connectivity index (χ1) is 9.71. The lowest BCUT2D eigenvalue weighted by molar-refractivity contribution is -0.134. The zero-order chi connectivity index (χ0) is 15.8. The Morgan fingerprint density at radius 3 is 2.33 bits per heavy atom. The van der Waals surface area contributed by atoms with E-state index in [0.717, 1.165) is 6.07 Å². The Labute approximate surface area is 127 Å². The van der Waals surface area contributed by atoms with Gasteiger partial charge in [0.1, 0.15) is 0 Å². The minimum atomic E-state index is -4.13. The Morgan fingerprint density at radius 2 is 1.81 bits per heavy atom. The molecule has 0 bridgehead atoms. The quantitative estimate of drug-likeness (QED) is 0.704. The zero-order valence-electron chi connectivity index (χ0n) is 10.4. The molecular formula is C11H9BrN2O6S. The summed E-state index contributed by atoms with van der Waals surface area (Å²) in [4.78, 5) is 33.2. The number of piperazine rings is 1. The number of hydrogen-bond acceptors (Lipinski definition) is 5. The fraction of sp³-hybridized carbons (Fsp3) is 0.182. The van der Waals surface area contributed by atoms with Crippen LogP contribution in [0.4, 0.5) is 0 Å². The van der Waals surface area contributed by atoms with Crippen molar-refractivity contribution in [3.8, 4) is 0 Å². The Bertz CT molecular complexity index is 729. The minimum absolute atomic E-state index is 0.224. The lowest BCUT2D eigenvalue weighted by atomic mass is 10.2. The summed E-state index contributed by atoms with van der Waals surface area (Å²) in [6, 6.07) is 3.45. The summed E-state index contributed by atoms with van der Waals surface area (Å²) in [5.74, 6) is -2.76. The number of imide groups is 1. The number of carboxylic acids is 1. The number of sulfonamides is 1. The van der Waals surface area contributed by atoms with Crippen LogP contribution in [0, 0.1) is 0 Å². The van der Waals surface area contributed by atoms with Gasteiger partial charge in [0.25, 0.3) is 0 Å². The van der Waals surface area contributed by atoms with E-state index in [1.165, 1.54) is 12.1 Å². The molecule has 0 saturated carbocycles. The van der Waals surface area contributed by atoms with Crippen molar-refractivity contribution < 1.29 is 27.9 Å². The van der Waals surface area contributed by atoms with Crippen molar-refractivity contribution in [2.45, 2.75) is 4.90 Å². The number of carboxylic acid groups (broad SMARTS) is 1. The van der Waals surface area contributed by atoms with Crippen LogP contribution in [0.3, 0.4) is 0 Å². The van der Waals surface area contributed by atoms with Crippen LogP contribution < -0.4 is 5.32 Å². The molecule has 10 heteroatoms. The van der Waals surface area contributed by atoms with Crippen molar-refractivity contribution in [3.05, 3.63) is 28.2 Å². The maximum absolute atomic E-state index is 12.3. The van der Waals surface area contributed by atoms with Gasteiger partial charge < -0.3 is 5.11 Å². The van der Waals surface area contributed by atoms with Gasteiger partial charge in [0.2, 0.25) is 21.8 Å². The van der Waals surface area contributed by atoms with E-state index in [1.54, 1.807) is 0 Å². The molecule has 1 heterocycles. The second-order valence-electron chi connectivity index (χ2n) is 4.19. The number of rotatable bonds is 3. The molecule has 0 atom stereocenters. The number of carbonyl (C=O) groups excluding carboxylic acids is 2. The van der Waals surface area contributed by atoms with Crippen molar-refractivity contribution in [2.75, 3.05) is 13.1 Å². The molecule has 21 heavy (non-hydrogen) atoms. The van der Waals surface area contributed by atoms with Gasteiger partial charge in [0, 0.05) is 4.47 Å². The number of aromatic carboxylic acids is 1. The first kappa shape index (κ1) is 15.6. The lowest BCUT2D eigenvalue weighted by Crippen LogP contribution is -2.53. The largest absolute Gasteiger partial charge is 0.478 e. The summed E-state index contributed by atoms with van der Waals surface area (Å²) < 4.78 is 25.6. The maximum Gasteiger partial charge on any atom is 0.336 e. The molecule has 1 saturated heterocycles. The smallest absolute Gasteiger partial charge is 0.336 e. The van der Waals surface area contributed by atoms with E-state index in [-0.39, 0.29) is 14.9 Å². The van der Waals surface area contributed by atoms with Gasteiger partial charge in [-0.15, -0.1) is 0 Å². The summed E-state index contributed by atoms with van der Waals surface area (Å²) in [5, 5.41) is 11.0. The van der Waals surface area contributed by atoms with Gasteiger partial charge in [0.05, 0.1) is 23.5 Å². The molecule has 112 valence electrons. The second kappa shape index (κ2) is 5.54. The van der Waals surface area contributed by atoms with Crippen LogP contribution in [-0.4, -0.2) is 48.7 Å². The molecule has 1 fully saturated rings. The van der Waals surface area contributed by atoms with Crippen molar-refractivity contribution in [1.82, 2.24) is 9.62 Å². The van der Waals surface area contributed by atoms with Crippen LogP contribution in [0.1, 0.15) is 10.4 Å². The second-order valence-corrected chi connectivity index (χ2v) is 6.98. The fourth-order valence-electron chi connectivity index (χ4n) is 1.76. The minimum Gasteiger partial charge on any atom is -0.478 e. The van der Waals surface area contributed by atoms with Crippen molar-refractivity contribution in [3.63, 3.8) is 0 Å². The molecule has 2 rings (SSSR count). The van der Waals surface area contributed by atoms with Crippen molar-refractivity contribution >= 4 is 43.7 Å². The van der Waals surface area contributed by atoms with E-state index in [0.29, 0.717) is 4.31 Å². The number of hydrogen-bond donors (Lipinski definition) is 2. The summed E-state index contributed by atoms with van der Waals surface area (Å²) in [6.45, 7) is -0.987. The maximum atomic E-state index is 12.3. The number of nitrogens with zero attached hydrogens (tertiary/aromatic N) is 1. The predicted molar refractivity (Wildman–Crippen MR) is 73.0 cm³/mol. The standard InChI is InChI=1S/C11H9BrN2O6S/c12-8-2-1-6(3-7(8)11(17)18)21(19,20)14-4-9(15)13-10(16)5-14/h1-3H,4-5H2,(H,17,18)(H,13,15,16). The molecule has 0 aromatic heterocycles. The SMILES string of the molecule is O=C1CN(S(=O)(=O)c2ccc(Br)c(C(=O)O)c2)CC(=O)N1. The third-order valence-corrected chi connectivity index (χ3v) is 5.20. The monoisotopic (exact) mass is 376 g/mol. The fourth-order valence-corrected chi connectivity index (χ4v) is 3.55. The molecule has 1 aliphatic rings. The highest BCUT2D eigenvalue weighted by molar-refractivity contribution is 9.10. The topological polar surface area (TPSA) is 121 Å². The van der Waals surface area contributed by atoms with Crippen LogP contribution in [-0.2, 0) is 19.6 Å². The average molecular weight is 377 g/mol. The van der Waals surface area contributed by atoms with Crippen molar-refractivity contribution in [1.29, 1.82) is 0 Å². The highest BCUT2D eigenvalue weighted by Crippen LogP contribution is 2.23. The average Bonchev–Trinajstić information content (AvgIpc) is 2.37. The van der Waals surface area contributed by atoms with Crippen LogP contribution in [0.2, 0.25) is 0 Å². The molecule has 0 spiro atoms. The van der Waals surface area contributed by atoms with E-state index in [1.807, 2.05) is 5.32 Å². The van der Waals surface area contributed by atoms with E-state index >= 15 is 0 Å². The third-order valence-electron chi connectivity index (χ3n) is 2.72. The van der Waals surface area contributed by atoms with Gasteiger partial charge in [-0.1, -0.05) is 0 Å². The summed E-state index contributed by atoms with van der Waals surface area (Å²) >= 11 is 3.01. The Hall–Kier alpha value is -1.78. The third kappa shape index (κ3) is 3.12. The van der Waals surface area contributed by atoms with Crippen LogP contribution in [0.15, 0.2) is 27.6 Å². The molecule has 1 aromatic carbocycles. The first-order valence-corrected chi connectivity index (χ1v) is 7.81. The van der Waals surface area contributed by atoms with E-state index in [4.69, 9.17) is 5.11 Å². The van der Waals surface area contributed by atoms with Gasteiger partial charge in [-0.3, -0.25) is 14.9 Å². The van der Waals surface area contributed by atoms with Gasteiger partial charge in [0.15, 0.2) is 0 Å². The summed E-state index contributed by atoms with van der Waals surface area (Å²) in [7, 11) is -4.13. The molecule has 0 aliphatic carbocycles. The molecule has 2 amide bonds. The number of nitrogens with one attached hydrogen (secondary N) is 1. The molecule has 0 unspecified atom stereocenters. The van der Waals surface area contributed by atoms with Gasteiger partial charge in [-0.05, 0) is 34.1 Å². The van der Waals surface area contributed by atoms with Gasteiger partial charge in [-0.2, -0.15) is 4.31 Å². The van der Waals surface area contributed by atoms with Crippen LogP contribution in [0.5, 0.6) is 0 Å². The van der Waals surface area contributed by atoms with Crippen LogP contribution >= 0.6 is 15.9 Å². The zero-order valence-corrected chi connectivity index (χ0v) is 12.8. The summed E-state index contributed by atoms with van der Waals surface area (Å²) in [5.41, 5.74) is -0.233. The number of halogens is 1. The van der Waals surface area contributed by atoms with Crippen LogP contribution in [0.25, 0.3) is 0 Å².